The monoisotopic (exact) mass is 195 g/mol. The van der Waals surface area contributed by atoms with Gasteiger partial charge in [0.25, 0.3) is 5.91 Å². The predicted molar refractivity (Wildman–Crippen MR) is 50.8 cm³/mol. The van der Waals surface area contributed by atoms with Gasteiger partial charge in [0.15, 0.2) is 5.78 Å². The second-order valence-corrected chi connectivity index (χ2v) is 2.99. The highest BCUT2D eigenvalue weighted by atomic mass is 16.2. The van der Waals surface area contributed by atoms with E-state index in [2.05, 4.69) is 15.5 Å². The molecule has 0 radical (unpaired) electrons. The van der Waals surface area contributed by atoms with Gasteiger partial charge in [0, 0.05) is 12.6 Å². The lowest BCUT2D eigenvalue weighted by molar-refractivity contribution is -0.120. The first-order valence-corrected chi connectivity index (χ1v) is 4.48. The van der Waals surface area contributed by atoms with Crippen molar-refractivity contribution in [1.82, 2.24) is 15.5 Å². The van der Waals surface area contributed by atoms with E-state index in [1.54, 1.807) is 19.9 Å². The van der Waals surface area contributed by atoms with E-state index in [9.17, 15) is 9.59 Å². The number of hydrogen-bond donors (Lipinski definition) is 2. The second kappa shape index (κ2) is 4.55. The number of nitrogens with zero attached hydrogens (tertiary/aromatic N) is 1. The van der Waals surface area contributed by atoms with Gasteiger partial charge in [-0.15, -0.1) is 0 Å². The zero-order valence-corrected chi connectivity index (χ0v) is 8.20. The van der Waals surface area contributed by atoms with E-state index in [1.165, 1.54) is 6.20 Å². The van der Waals surface area contributed by atoms with Crippen LogP contribution < -0.4 is 5.32 Å². The van der Waals surface area contributed by atoms with Crippen molar-refractivity contribution in [2.45, 2.75) is 26.3 Å². The molecule has 1 amide bonds. The molecule has 0 saturated heterocycles. The number of carbonyl (C=O) groups is 2. The van der Waals surface area contributed by atoms with Crippen LogP contribution in [0, 0.1) is 0 Å². The molecule has 76 valence electrons. The lowest BCUT2D eigenvalue weighted by Gasteiger charge is -2.10. The minimum Gasteiger partial charge on any atom is -0.341 e. The van der Waals surface area contributed by atoms with Gasteiger partial charge in [-0.2, -0.15) is 5.10 Å². The third-order valence-corrected chi connectivity index (χ3v) is 1.92. The highest BCUT2D eigenvalue weighted by molar-refractivity contribution is 5.96. The van der Waals surface area contributed by atoms with Gasteiger partial charge in [-0.1, -0.05) is 6.92 Å². The van der Waals surface area contributed by atoms with Crippen LogP contribution in [0.1, 0.15) is 30.8 Å². The summed E-state index contributed by atoms with van der Waals surface area (Å²) in [6, 6.07) is 1.11. The molecule has 0 aliphatic carbocycles. The SMILES string of the molecule is CCC(=O)C(C)NC(=O)c1ccn[nH]1. The van der Waals surface area contributed by atoms with Crippen LogP contribution in [-0.2, 0) is 4.79 Å². The first-order valence-electron chi connectivity index (χ1n) is 4.48. The highest BCUT2D eigenvalue weighted by Crippen LogP contribution is 1.95. The lowest BCUT2D eigenvalue weighted by atomic mass is 10.1. The predicted octanol–water partition coefficient (Wildman–Crippen LogP) is 0.507. The number of aromatic amines is 1. The maximum absolute atomic E-state index is 11.4. The Bertz CT molecular complexity index is 319. The van der Waals surface area contributed by atoms with Gasteiger partial charge >= 0.3 is 0 Å². The quantitative estimate of drug-likeness (QED) is 0.734. The van der Waals surface area contributed by atoms with Crippen LogP contribution in [0.5, 0.6) is 0 Å². The molecule has 14 heavy (non-hydrogen) atoms. The Balaban J connectivity index is 2.53. The maximum Gasteiger partial charge on any atom is 0.269 e. The number of rotatable bonds is 4. The fourth-order valence-electron chi connectivity index (χ4n) is 1.04. The summed E-state index contributed by atoms with van der Waals surface area (Å²) in [4.78, 5) is 22.6. The van der Waals surface area contributed by atoms with Gasteiger partial charge in [0.1, 0.15) is 5.69 Å². The van der Waals surface area contributed by atoms with E-state index >= 15 is 0 Å². The van der Waals surface area contributed by atoms with Gasteiger partial charge in [0.05, 0.1) is 6.04 Å². The summed E-state index contributed by atoms with van der Waals surface area (Å²) in [6.07, 6.45) is 1.91. The van der Waals surface area contributed by atoms with Crippen LogP contribution in [0.15, 0.2) is 12.3 Å². The number of hydrogen-bond acceptors (Lipinski definition) is 3. The molecule has 5 nitrogen and oxygen atoms in total. The summed E-state index contributed by atoms with van der Waals surface area (Å²) in [5.74, 6) is -0.297. The van der Waals surface area contributed by atoms with Crippen molar-refractivity contribution in [3.63, 3.8) is 0 Å². The Morgan fingerprint density at radius 2 is 2.36 bits per heavy atom. The Morgan fingerprint density at radius 1 is 1.64 bits per heavy atom. The zero-order chi connectivity index (χ0) is 10.6. The molecule has 0 saturated carbocycles. The van der Waals surface area contributed by atoms with Crippen molar-refractivity contribution in [1.29, 1.82) is 0 Å². The van der Waals surface area contributed by atoms with Crippen molar-refractivity contribution in [2.75, 3.05) is 0 Å². The molecular weight excluding hydrogens is 182 g/mol. The Morgan fingerprint density at radius 3 is 2.86 bits per heavy atom. The number of Topliss-reactive ketones (excluding diaryl/α,β-unsaturated/α-hetero) is 1. The van der Waals surface area contributed by atoms with E-state index < -0.39 is 6.04 Å². The van der Waals surface area contributed by atoms with Crippen molar-refractivity contribution < 1.29 is 9.59 Å². The average Bonchev–Trinajstić information content (AvgIpc) is 2.69. The Hall–Kier alpha value is -1.65. The number of ketones is 1. The number of H-pyrrole nitrogens is 1. The molecule has 1 heterocycles. The van der Waals surface area contributed by atoms with Crippen molar-refractivity contribution in [3.05, 3.63) is 18.0 Å². The lowest BCUT2D eigenvalue weighted by Crippen LogP contribution is -2.38. The van der Waals surface area contributed by atoms with E-state index in [0.29, 0.717) is 12.1 Å². The summed E-state index contributed by atoms with van der Waals surface area (Å²) in [5.41, 5.74) is 0.362. The first-order chi connectivity index (χ1) is 6.65. The maximum atomic E-state index is 11.4. The van der Waals surface area contributed by atoms with Crippen molar-refractivity contribution in [2.24, 2.45) is 0 Å². The zero-order valence-electron chi connectivity index (χ0n) is 8.20. The number of amides is 1. The van der Waals surface area contributed by atoms with Crippen LogP contribution in [0.4, 0.5) is 0 Å². The molecule has 1 aromatic heterocycles. The molecule has 0 spiro atoms. The van der Waals surface area contributed by atoms with Crippen molar-refractivity contribution in [3.8, 4) is 0 Å². The largest absolute Gasteiger partial charge is 0.341 e. The van der Waals surface area contributed by atoms with Gasteiger partial charge < -0.3 is 5.32 Å². The minimum atomic E-state index is -0.448. The molecular formula is C9H13N3O2. The van der Waals surface area contributed by atoms with E-state index in [-0.39, 0.29) is 11.7 Å². The summed E-state index contributed by atoms with van der Waals surface area (Å²) in [7, 11) is 0. The first kappa shape index (κ1) is 10.4. The molecule has 1 aromatic rings. The molecule has 5 heteroatoms. The van der Waals surface area contributed by atoms with Gasteiger partial charge in [-0.25, -0.2) is 0 Å². The third-order valence-electron chi connectivity index (χ3n) is 1.92. The number of carbonyl (C=O) groups excluding carboxylic acids is 2. The van der Waals surface area contributed by atoms with Crippen LogP contribution in [0.3, 0.4) is 0 Å². The fraction of sp³-hybridized carbons (Fsp3) is 0.444. The molecule has 2 N–H and O–H groups in total. The van der Waals surface area contributed by atoms with Gasteiger partial charge in [0.2, 0.25) is 0 Å². The van der Waals surface area contributed by atoms with Crippen LogP contribution in [-0.4, -0.2) is 27.9 Å². The second-order valence-electron chi connectivity index (χ2n) is 2.99. The molecule has 0 bridgehead atoms. The summed E-state index contributed by atoms with van der Waals surface area (Å²) in [5, 5.41) is 8.74. The standard InChI is InChI=1S/C9H13N3O2/c1-3-8(13)6(2)11-9(14)7-4-5-10-12-7/h4-6H,3H2,1-2H3,(H,10,12)(H,11,14). The summed E-state index contributed by atoms with van der Waals surface area (Å²) >= 11 is 0. The van der Waals surface area contributed by atoms with E-state index in [4.69, 9.17) is 0 Å². The van der Waals surface area contributed by atoms with Crippen LogP contribution in [0.2, 0.25) is 0 Å². The summed E-state index contributed by atoms with van der Waals surface area (Å²) < 4.78 is 0. The van der Waals surface area contributed by atoms with E-state index in [0.717, 1.165) is 0 Å². The molecule has 1 rings (SSSR count). The van der Waals surface area contributed by atoms with Crippen LogP contribution in [0.25, 0.3) is 0 Å². The van der Waals surface area contributed by atoms with Crippen LogP contribution >= 0.6 is 0 Å². The minimum absolute atomic E-state index is 0.0119. The van der Waals surface area contributed by atoms with Crippen molar-refractivity contribution >= 4 is 11.7 Å². The topological polar surface area (TPSA) is 74.8 Å². The third kappa shape index (κ3) is 2.42. The van der Waals surface area contributed by atoms with E-state index in [1.807, 2.05) is 0 Å². The molecule has 0 aliphatic rings. The number of aromatic nitrogens is 2. The number of nitrogens with one attached hydrogen (secondary N) is 2. The normalized spacial score (nSPS) is 12.1. The Kier molecular flexibility index (Phi) is 3.39. The molecule has 0 fully saturated rings. The summed E-state index contributed by atoms with van der Waals surface area (Å²) in [6.45, 7) is 3.43. The smallest absolute Gasteiger partial charge is 0.269 e. The Labute approximate surface area is 81.9 Å². The highest BCUT2D eigenvalue weighted by Gasteiger charge is 2.15. The fourth-order valence-corrected chi connectivity index (χ4v) is 1.04. The average molecular weight is 195 g/mol. The molecule has 1 atom stereocenters. The van der Waals surface area contributed by atoms with Gasteiger partial charge in [-0.3, -0.25) is 14.7 Å². The molecule has 0 aromatic carbocycles. The molecule has 1 unspecified atom stereocenters. The van der Waals surface area contributed by atoms with Gasteiger partial charge in [-0.05, 0) is 13.0 Å². The molecule has 0 aliphatic heterocycles.